The average Bonchev–Trinajstić information content (AvgIpc) is 2.94. The molecule has 8 nitrogen and oxygen atoms in total. The van der Waals surface area contributed by atoms with Gasteiger partial charge in [0.2, 0.25) is 5.91 Å². The molecule has 4 amide bonds. The third-order valence-electron chi connectivity index (χ3n) is 4.99. The number of anilines is 1. The summed E-state index contributed by atoms with van der Waals surface area (Å²) in [6.07, 6.45) is 0. The van der Waals surface area contributed by atoms with Crippen molar-refractivity contribution in [2.75, 3.05) is 26.1 Å². The van der Waals surface area contributed by atoms with Gasteiger partial charge in [-0.05, 0) is 49.2 Å². The van der Waals surface area contributed by atoms with E-state index in [0.717, 1.165) is 14.9 Å². The molecule has 9 heteroatoms. The smallest absolute Gasteiger partial charge is 0.325 e. The van der Waals surface area contributed by atoms with Crippen LogP contribution in [0.4, 0.5) is 10.5 Å². The molecule has 30 heavy (non-hydrogen) atoms. The highest BCUT2D eigenvalue weighted by molar-refractivity contribution is 9.10. The lowest BCUT2D eigenvalue weighted by Gasteiger charge is -2.23. The van der Waals surface area contributed by atoms with Gasteiger partial charge in [0, 0.05) is 10.2 Å². The van der Waals surface area contributed by atoms with Crippen LogP contribution in [0.3, 0.4) is 0 Å². The summed E-state index contributed by atoms with van der Waals surface area (Å²) in [5.41, 5.74) is 0.771. The molecule has 0 bridgehead atoms. The fraction of sp³-hybridized carbons (Fsp3) is 0.286. The predicted octanol–water partition coefficient (Wildman–Crippen LogP) is 3.18. The third-order valence-corrected chi connectivity index (χ3v) is 5.85. The van der Waals surface area contributed by atoms with Crippen LogP contribution in [0, 0.1) is 6.92 Å². The fourth-order valence-electron chi connectivity index (χ4n) is 3.20. The summed E-state index contributed by atoms with van der Waals surface area (Å²) >= 11 is 3.41. The first-order valence-corrected chi connectivity index (χ1v) is 9.91. The van der Waals surface area contributed by atoms with E-state index < -0.39 is 29.9 Å². The van der Waals surface area contributed by atoms with Gasteiger partial charge in [-0.25, -0.2) is 4.79 Å². The molecule has 1 unspecified atom stereocenters. The van der Waals surface area contributed by atoms with Crippen LogP contribution in [-0.2, 0) is 15.1 Å². The van der Waals surface area contributed by atoms with Crippen LogP contribution in [-0.4, -0.2) is 43.5 Å². The van der Waals surface area contributed by atoms with Gasteiger partial charge in [-0.3, -0.25) is 14.5 Å². The number of ether oxygens (including phenoxy) is 2. The summed E-state index contributed by atoms with van der Waals surface area (Å²) in [5, 5.41) is 5.37. The normalized spacial score (nSPS) is 18.2. The maximum atomic E-state index is 13.1. The molecule has 2 aromatic rings. The summed E-state index contributed by atoms with van der Waals surface area (Å²) in [6, 6.07) is 9.67. The Morgan fingerprint density at radius 3 is 2.47 bits per heavy atom. The van der Waals surface area contributed by atoms with Gasteiger partial charge < -0.3 is 20.1 Å². The lowest BCUT2D eigenvalue weighted by molar-refractivity contribution is -0.133. The molecule has 1 heterocycles. The zero-order valence-corrected chi connectivity index (χ0v) is 18.6. The van der Waals surface area contributed by atoms with Crippen LogP contribution in [0.5, 0.6) is 11.5 Å². The van der Waals surface area contributed by atoms with Crippen molar-refractivity contribution >= 4 is 39.5 Å². The van der Waals surface area contributed by atoms with Gasteiger partial charge in [0.1, 0.15) is 12.1 Å². The van der Waals surface area contributed by atoms with Gasteiger partial charge in [0.05, 0.1) is 14.2 Å². The molecule has 0 spiro atoms. The standard InChI is InChI=1S/C21H22BrN3O5/c1-12-5-7-14(10-15(12)22)23-18(26)11-25-19(27)21(2,24-20(25)28)13-6-8-16(29-3)17(9-13)30-4/h5-10H,11H2,1-4H3,(H,23,26)(H,24,28). The number of carbonyl (C=O) groups excluding carboxylic acids is 3. The van der Waals surface area contributed by atoms with Gasteiger partial charge in [-0.1, -0.05) is 28.1 Å². The first-order valence-electron chi connectivity index (χ1n) is 9.12. The van der Waals surface area contributed by atoms with Gasteiger partial charge in [-0.15, -0.1) is 0 Å². The minimum absolute atomic E-state index is 0.404. The molecule has 1 aliphatic heterocycles. The van der Waals surface area contributed by atoms with Crippen molar-refractivity contribution in [1.82, 2.24) is 10.2 Å². The topological polar surface area (TPSA) is 97.0 Å². The van der Waals surface area contributed by atoms with Crippen molar-refractivity contribution in [3.63, 3.8) is 0 Å². The number of amides is 4. The second kappa shape index (κ2) is 8.35. The van der Waals surface area contributed by atoms with E-state index in [1.165, 1.54) is 14.2 Å². The van der Waals surface area contributed by atoms with Crippen LogP contribution in [0.25, 0.3) is 0 Å². The van der Waals surface area contributed by atoms with Gasteiger partial charge >= 0.3 is 6.03 Å². The maximum Gasteiger partial charge on any atom is 0.325 e. The number of urea groups is 1. The van der Waals surface area contributed by atoms with E-state index >= 15 is 0 Å². The van der Waals surface area contributed by atoms with E-state index in [4.69, 9.17) is 9.47 Å². The van der Waals surface area contributed by atoms with E-state index in [-0.39, 0.29) is 0 Å². The number of nitrogens with one attached hydrogen (secondary N) is 2. The molecule has 158 valence electrons. The molecule has 0 aromatic heterocycles. The van der Waals surface area contributed by atoms with Crippen molar-refractivity contribution in [3.8, 4) is 11.5 Å². The van der Waals surface area contributed by atoms with Crippen molar-refractivity contribution < 1.29 is 23.9 Å². The minimum atomic E-state index is -1.33. The van der Waals surface area contributed by atoms with Gasteiger partial charge in [0.25, 0.3) is 5.91 Å². The van der Waals surface area contributed by atoms with Gasteiger partial charge in [-0.2, -0.15) is 0 Å². The highest BCUT2D eigenvalue weighted by Gasteiger charge is 2.49. The Kier molecular flexibility index (Phi) is 6.02. The number of benzene rings is 2. The predicted molar refractivity (Wildman–Crippen MR) is 115 cm³/mol. The molecule has 2 aromatic carbocycles. The summed E-state index contributed by atoms with van der Waals surface area (Å²) in [4.78, 5) is 38.9. The lowest BCUT2D eigenvalue weighted by Crippen LogP contribution is -2.42. The molecule has 0 saturated carbocycles. The molecule has 1 atom stereocenters. The monoisotopic (exact) mass is 475 g/mol. The highest BCUT2D eigenvalue weighted by atomic mass is 79.9. The molecule has 3 rings (SSSR count). The quantitative estimate of drug-likeness (QED) is 0.625. The number of carbonyl (C=O) groups is 3. The Morgan fingerprint density at radius 2 is 1.83 bits per heavy atom. The van der Waals surface area contributed by atoms with Crippen LogP contribution in [0.15, 0.2) is 40.9 Å². The van der Waals surface area contributed by atoms with Gasteiger partial charge in [0.15, 0.2) is 11.5 Å². The Hall–Kier alpha value is -3.07. The number of aryl methyl sites for hydroxylation is 1. The second-order valence-corrected chi connectivity index (χ2v) is 7.88. The Morgan fingerprint density at radius 1 is 1.13 bits per heavy atom. The third kappa shape index (κ3) is 3.97. The van der Waals surface area contributed by atoms with E-state index in [0.29, 0.717) is 22.7 Å². The first kappa shape index (κ1) is 21.6. The Bertz CT molecular complexity index is 1030. The zero-order chi connectivity index (χ0) is 22.1. The lowest BCUT2D eigenvalue weighted by atomic mass is 9.91. The molecule has 0 aliphatic carbocycles. The maximum absolute atomic E-state index is 13.1. The van der Waals surface area contributed by atoms with E-state index in [9.17, 15) is 14.4 Å². The SMILES string of the molecule is COc1ccc(C2(C)NC(=O)N(CC(=O)Nc3ccc(C)c(Br)c3)C2=O)cc1OC. The largest absolute Gasteiger partial charge is 0.493 e. The Labute approximate surface area is 182 Å². The molecular weight excluding hydrogens is 454 g/mol. The molecular formula is C21H22BrN3O5. The number of nitrogens with zero attached hydrogens (tertiary/aromatic N) is 1. The number of rotatable bonds is 6. The zero-order valence-electron chi connectivity index (χ0n) is 17.0. The molecule has 1 aliphatic rings. The second-order valence-electron chi connectivity index (χ2n) is 7.03. The summed E-state index contributed by atoms with van der Waals surface area (Å²) < 4.78 is 11.3. The number of methoxy groups -OCH3 is 2. The van der Waals surface area contributed by atoms with Crippen LogP contribution >= 0.6 is 15.9 Å². The van der Waals surface area contributed by atoms with Crippen molar-refractivity contribution in [2.45, 2.75) is 19.4 Å². The first-order chi connectivity index (χ1) is 14.2. The van der Waals surface area contributed by atoms with E-state index in [1.54, 1.807) is 37.3 Å². The summed E-state index contributed by atoms with van der Waals surface area (Å²) in [5.74, 6) is -0.0766. The van der Waals surface area contributed by atoms with Crippen molar-refractivity contribution in [3.05, 3.63) is 52.0 Å². The van der Waals surface area contributed by atoms with Crippen LogP contribution in [0.1, 0.15) is 18.1 Å². The van der Waals surface area contributed by atoms with Crippen LogP contribution in [0.2, 0.25) is 0 Å². The summed E-state index contributed by atoms with van der Waals surface area (Å²) in [6.45, 7) is 3.11. The number of imide groups is 1. The molecule has 2 N–H and O–H groups in total. The number of halogens is 1. The summed E-state index contributed by atoms with van der Waals surface area (Å²) in [7, 11) is 2.99. The minimum Gasteiger partial charge on any atom is -0.493 e. The van der Waals surface area contributed by atoms with Crippen LogP contribution < -0.4 is 20.1 Å². The number of hydrogen-bond acceptors (Lipinski definition) is 5. The fourth-order valence-corrected chi connectivity index (χ4v) is 3.58. The van der Waals surface area contributed by atoms with E-state index in [2.05, 4.69) is 26.6 Å². The van der Waals surface area contributed by atoms with E-state index in [1.807, 2.05) is 13.0 Å². The average molecular weight is 476 g/mol. The highest BCUT2D eigenvalue weighted by Crippen LogP contribution is 2.35. The Balaban J connectivity index is 1.78. The molecule has 1 fully saturated rings. The molecule has 0 radical (unpaired) electrons. The molecule has 1 saturated heterocycles. The van der Waals surface area contributed by atoms with Crippen molar-refractivity contribution in [2.24, 2.45) is 0 Å². The van der Waals surface area contributed by atoms with Crippen molar-refractivity contribution in [1.29, 1.82) is 0 Å². The number of hydrogen-bond donors (Lipinski definition) is 2.